The van der Waals surface area contributed by atoms with Crippen molar-refractivity contribution in [2.75, 3.05) is 45.2 Å². The maximum absolute atomic E-state index is 5.19. The van der Waals surface area contributed by atoms with E-state index in [0.29, 0.717) is 12.4 Å². The molecule has 1 fully saturated rings. The Kier molecular flexibility index (Phi) is 5.95. The Morgan fingerprint density at radius 3 is 2.66 bits per heavy atom. The summed E-state index contributed by atoms with van der Waals surface area (Å²) in [5.41, 5.74) is 0.947. The first-order valence-corrected chi connectivity index (χ1v) is 10.4. The Hall–Kier alpha value is -3.07. The van der Waals surface area contributed by atoms with Gasteiger partial charge in [0.25, 0.3) is 0 Å². The summed E-state index contributed by atoms with van der Waals surface area (Å²) in [4.78, 5) is 13.7. The molecular weight excluding hydrogens is 386 g/mol. The van der Waals surface area contributed by atoms with Gasteiger partial charge in [-0.05, 0) is 41.8 Å². The van der Waals surface area contributed by atoms with Crippen LogP contribution >= 0.6 is 11.3 Å². The van der Waals surface area contributed by atoms with Crippen LogP contribution in [0.4, 0.5) is 5.00 Å². The minimum absolute atomic E-state index is 0.543. The van der Waals surface area contributed by atoms with Gasteiger partial charge in [0.2, 0.25) is 0 Å². The first kappa shape index (κ1) is 19.3. The second kappa shape index (κ2) is 8.95. The second-order valence-electron chi connectivity index (χ2n) is 6.66. The largest absolute Gasteiger partial charge is 0.497 e. The summed E-state index contributed by atoms with van der Waals surface area (Å²) in [5, 5.41) is 14.2. The molecule has 0 amide bonds. The highest BCUT2D eigenvalue weighted by Gasteiger charge is 2.20. The highest BCUT2D eigenvalue weighted by Crippen LogP contribution is 2.22. The molecule has 3 aromatic rings. The number of hydrogen-bond acceptors (Lipinski definition) is 6. The van der Waals surface area contributed by atoms with Crippen molar-refractivity contribution in [3.8, 4) is 17.1 Å². The minimum Gasteiger partial charge on any atom is -0.497 e. The SMILES string of the molecule is CN=C(NCc1nc(-c2ccc(OC)cc2)n[nH]1)N1CCN(c2cccs2)CC1. The average Bonchev–Trinajstić information content (AvgIpc) is 3.47. The van der Waals surface area contributed by atoms with E-state index in [4.69, 9.17) is 4.74 Å². The van der Waals surface area contributed by atoms with Crippen LogP contribution in [-0.2, 0) is 6.54 Å². The second-order valence-corrected chi connectivity index (χ2v) is 7.59. The predicted molar refractivity (Wildman–Crippen MR) is 117 cm³/mol. The molecule has 3 heterocycles. The standard InChI is InChI=1S/C20H25N7OS/c1-21-20(27-11-9-26(10-12-27)18-4-3-13-29-18)22-14-17-23-19(25-24-17)15-5-7-16(28-2)8-6-15/h3-8,13H,9-12,14H2,1-2H3,(H,21,22)(H,23,24,25). The van der Waals surface area contributed by atoms with Gasteiger partial charge >= 0.3 is 0 Å². The summed E-state index contributed by atoms with van der Waals surface area (Å²) in [6.07, 6.45) is 0. The lowest BCUT2D eigenvalue weighted by atomic mass is 10.2. The summed E-state index contributed by atoms with van der Waals surface area (Å²) in [6, 6.07) is 12.0. The topological polar surface area (TPSA) is 81.7 Å². The molecule has 0 unspecified atom stereocenters. The van der Waals surface area contributed by atoms with Crippen LogP contribution in [0.2, 0.25) is 0 Å². The van der Waals surface area contributed by atoms with Crippen molar-refractivity contribution in [1.82, 2.24) is 25.4 Å². The van der Waals surface area contributed by atoms with Crippen LogP contribution in [0.3, 0.4) is 0 Å². The van der Waals surface area contributed by atoms with E-state index in [2.05, 4.69) is 52.8 Å². The van der Waals surface area contributed by atoms with Crippen LogP contribution in [-0.4, -0.2) is 66.4 Å². The molecule has 0 bridgehead atoms. The Labute approximate surface area is 174 Å². The van der Waals surface area contributed by atoms with Crippen molar-refractivity contribution in [2.24, 2.45) is 4.99 Å². The van der Waals surface area contributed by atoms with E-state index in [-0.39, 0.29) is 0 Å². The van der Waals surface area contributed by atoms with E-state index in [1.165, 1.54) is 5.00 Å². The zero-order valence-corrected chi connectivity index (χ0v) is 17.4. The number of anilines is 1. The van der Waals surface area contributed by atoms with Crippen LogP contribution in [0.5, 0.6) is 5.75 Å². The van der Waals surface area contributed by atoms with Crippen LogP contribution in [0.1, 0.15) is 5.82 Å². The number of aromatic nitrogens is 3. The number of ether oxygens (including phenoxy) is 1. The smallest absolute Gasteiger partial charge is 0.194 e. The van der Waals surface area contributed by atoms with Gasteiger partial charge in [0.1, 0.15) is 11.6 Å². The molecule has 2 aromatic heterocycles. The molecule has 0 aliphatic carbocycles. The zero-order valence-electron chi connectivity index (χ0n) is 16.6. The van der Waals surface area contributed by atoms with Gasteiger partial charge in [-0.15, -0.1) is 11.3 Å². The van der Waals surface area contributed by atoms with Gasteiger partial charge in [0, 0.05) is 38.8 Å². The number of hydrogen-bond donors (Lipinski definition) is 2. The number of piperazine rings is 1. The number of nitrogens with zero attached hydrogens (tertiary/aromatic N) is 5. The number of aliphatic imine (C=N–C) groups is 1. The maximum Gasteiger partial charge on any atom is 0.194 e. The monoisotopic (exact) mass is 411 g/mol. The highest BCUT2D eigenvalue weighted by atomic mass is 32.1. The molecule has 8 nitrogen and oxygen atoms in total. The van der Waals surface area contributed by atoms with E-state index >= 15 is 0 Å². The van der Waals surface area contributed by atoms with Gasteiger partial charge in [0.05, 0.1) is 18.7 Å². The number of guanidine groups is 1. The number of thiophene rings is 1. The molecule has 152 valence electrons. The highest BCUT2D eigenvalue weighted by molar-refractivity contribution is 7.14. The Morgan fingerprint density at radius 2 is 2.00 bits per heavy atom. The van der Waals surface area contributed by atoms with Gasteiger partial charge in [-0.3, -0.25) is 10.1 Å². The van der Waals surface area contributed by atoms with Crippen LogP contribution in [0.15, 0.2) is 46.8 Å². The van der Waals surface area contributed by atoms with Crippen molar-refractivity contribution in [2.45, 2.75) is 6.54 Å². The van der Waals surface area contributed by atoms with Crippen molar-refractivity contribution >= 4 is 22.3 Å². The summed E-state index contributed by atoms with van der Waals surface area (Å²) >= 11 is 1.79. The summed E-state index contributed by atoms with van der Waals surface area (Å²) < 4.78 is 5.19. The third-order valence-corrected chi connectivity index (χ3v) is 5.83. The van der Waals surface area contributed by atoms with Crippen LogP contribution < -0.4 is 15.0 Å². The fraction of sp³-hybridized carbons (Fsp3) is 0.350. The maximum atomic E-state index is 5.19. The molecule has 29 heavy (non-hydrogen) atoms. The third-order valence-electron chi connectivity index (χ3n) is 4.90. The Morgan fingerprint density at radius 1 is 1.21 bits per heavy atom. The van der Waals surface area contributed by atoms with Gasteiger partial charge in [-0.25, -0.2) is 4.98 Å². The van der Waals surface area contributed by atoms with E-state index in [9.17, 15) is 0 Å². The number of nitrogens with one attached hydrogen (secondary N) is 2. The van der Waals surface area contributed by atoms with Crippen LogP contribution in [0, 0.1) is 0 Å². The lowest BCUT2D eigenvalue weighted by Gasteiger charge is -2.36. The molecule has 0 atom stereocenters. The molecule has 2 N–H and O–H groups in total. The van der Waals surface area contributed by atoms with E-state index in [1.54, 1.807) is 18.4 Å². The normalized spacial score (nSPS) is 14.9. The van der Waals surface area contributed by atoms with Gasteiger partial charge in [0.15, 0.2) is 11.8 Å². The first-order valence-electron chi connectivity index (χ1n) is 9.56. The molecule has 4 rings (SSSR count). The van der Waals surface area contributed by atoms with Crippen LogP contribution in [0.25, 0.3) is 11.4 Å². The van der Waals surface area contributed by atoms with Crippen molar-refractivity contribution in [3.63, 3.8) is 0 Å². The Balaban J connectivity index is 1.31. The number of methoxy groups -OCH3 is 1. The van der Waals surface area contributed by atoms with Gasteiger partial charge < -0.3 is 19.9 Å². The average molecular weight is 412 g/mol. The number of aromatic amines is 1. The minimum atomic E-state index is 0.543. The van der Waals surface area contributed by atoms with E-state index in [1.807, 2.05) is 31.3 Å². The van der Waals surface area contributed by atoms with E-state index in [0.717, 1.165) is 49.3 Å². The van der Waals surface area contributed by atoms with Crippen molar-refractivity contribution in [1.29, 1.82) is 0 Å². The number of rotatable bonds is 5. The summed E-state index contributed by atoms with van der Waals surface area (Å²) in [7, 11) is 3.47. The molecule has 0 spiro atoms. The summed E-state index contributed by atoms with van der Waals surface area (Å²) in [6.45, 7) is 4.40. The van der Waals surface area contributed by atoms with Gasteiger partial charge in [-0.2, -0.15) is 5.10 Å². The number of H-pyrrole nitrogens is 1. The van der Waals surface area contributed by atoms with Gasteiger partial charge in [-0.1, -0.05) is 0 Å². The summed E-state index contributed by atoms with van der Waals surface area (Å²) in [5.74, 6) is 3.14. The van der Waals surface area contributed by atoms with Crippen molar-refractivity contribution < 1.29 is 4.74 Å². The molecule has 9 heteroatoms. The molecular formula is C20H25N7OS. The zero-order chi connectivity index (χ0) is 20.1. The van der Waals surface area contributed by atoms with E-state index < -0.39 is 0 Å². The molecule has 1 aliphatic rings. The fourth-order valence-electron chi connectivity index (χ4n) is 3.33. The lowest BCUT2D eigenvalue weighted by molar-refractivity contribution is 0.373. The number of benzene rings is 1. The molecule has 1 aliphatic heterocycles. The molecule has 1 saturated heterocycles. The fourth-order valence-corrected chi connectivity index (χ4v) is 4.11. The molecule has 1 aromatic carbocycles. The first-order chi connectivity index (χ1) is 14.3. The third kappa shape index (κ3) is 4.51. The quantitative estimate of drug-likeness (QED) is 0.496. The predicted octanol–water partition coefficient (Wildman–Crippen LogP) is 2.44. The Bertz CT molecular complexity index is 928. The lowest BCUT2D eigenvalue weighted by Crippen LogP contribution is -2.52. The van der Waals surface area contributed by atoms with Crippen molar-refractivity contribution in [3.05, 3.63) is 47.6 Å². The molecule has 0 radical (unpaired) electrons. The molecule has 0 saturated carbocycles.